The first kappa shape index (κ1) is 22.8. The van der Waals surface area contributed by atoms with Gasteiger partial charge in [0, 0.05) is 18.7 Å². The Hall–Kier alpha value is -2.92. The van der Waals surface area contributed by atoms with Crippen molar-refractivity contribution in [3.8, 4) is 0 Å². The third kappa shape index (κ3) is 5.61. The summed E-state index contributed by atoms with van der Waals surface area (Å²) in [5, 5.41) is 0. The molecule has 2 N–H and O–H groups in total. The van der Waals surface area contributed by atoms with Crippen molar-refractivity contribution in [2.24, 2.45) is 0 Å². The SMILES string of the molecule is O=C(Cc1cccc(C(F)(F)F)c1)NNC(=O)c1ccc(S(=O)(=O)N2CCCC2)cc1. The standard InChI is InChI=1S/C20H20F3N3O4S/c21-20(22,23)16-5-3-4-14(12-16)13-18(27)24-25-19(28)15-6-8-17(9-7-15)31(29,30)26-10-1-2-11-26/h3-9,12H,1-2,10-11,13H2,(H,24,27)(H,25,28). The summed E-state index contributed by atoms with van der Waals surface area (Å²) in [5.41, 5.74) is 3.67. The van der Waals surface area contributed by atoms with Crippen LogP contribution in [-0.2, 0) is 27.4 Å². The maximum Gasteiger partial charge on any atom is 0.416 e. The fourth-order valence-electron chi connectivity index (χ4n) is 3.14. The number of alkyl halides is 3. The molecule has 1 saturated heterocycles. The van der Waals surface area contributed by atoms with Gasteiger partial charge in [0.05, 0.1) is 16.9 Å². The van der Waals surface area contributed by atoms with Crippen LogP contribution in [0.5, 0.6) is 0 Å². The lowest BCUT2D eigenvalue weighted by Gasteiger charge is -2.15. The van der Waals surface area contributed by atoms with Crippen LogP contribution in [0.2, 0.25) is 0 Å². The fraction of sp³-hybridized carbons (Fsp3) is 0.300. The van der Waals surface area contributed by atoms with Gasteiger partial charge in [0.15, 0.2) is 0 Å². The Balaban J connectivity index is 1.56. The van der Waals surface area contributed by atoms with Gasteiger partial charge < -0.3 is 0 Å². The lowest BCUT2D eigenvalue weighted by Crippen LogP contribution is -2.42. The molecule has 0 aliphatic carbocycles. The number of carbonyl (C=O) groups is 2. The maximum absolute atomic E-state index is 12.7. The third-order valence-corrected chi connectivity index (χ3v) is 6.67. The van der Waals surface area contributed by atoms with E-state index in [-0.39, 0.29) is 22.4 Å². The quantitative estimate of drug-likeness (QED) is 0.678. The summed E-state index contributed by atoms with van der Waals surface area (Å²) in [6, 6.07) is 9.59. The molecule has 2 aromatic rings. The second-order valence-corrected chi connectivity index (χ2v) is 8.95. The number of sulfonamides is 1. The zero-order chi connectivity index (χ0) is 22.6. The monoisotopic (exact) mass is 455 g/mol. The average molecular weight is 455 g/mol. The Labute approximate surface area is 177 Å². The van der Waals surface area contributed by atoms with Crippen LogP contribution < -0.4 is 10.9 Å². The van der Waals surface area contributed by atoms with Gasteiger partial charge >= 0.3 is 6.18 Å². The van der Waals surface area contributed by atoms with Gasteiger partial charge in [-0.2, -0.15) is 17.5 Å². The number of halogens is 3. The van der Waals surface area contributed by atoms with Crippen molar-refractivity contribution in [3.63, 3.8) is 0 Å². The summed E-state index contributed by atoms with van der Waals surface area (Å²) >= 11 is 0. The first-order valence-corrected chi connectivity index (χ1v) is 10.9. The predicted octanol–water partition coefficient (Wildman–Crippen LogP) is 2.49. The summed E-state index contributed by atoms with van der Waals surface area (Å²) in [6.45, 7) is 0.922. The number of hydrazine groups is 1. The minimum absolute atomic E-state index is 0.0690. The first-order chi connectivity index (χ1) is 14.6. The molecule has 31 heavy (non-hydrogen) atoms. The molecule has 0 aromatic heterocycles. The van der Waals surface area contributed by atoms with Gasteiger partial charge in [-0.3, -0.25) is 20.4 Å². The van der Waals surface area contributed by atoms with Crippen molar-refractivity contribution in [2.45, 2.75) is 30.3 Å². The van der Waals surface area contributed by atoms with E-state index in [1.165, 1.54) is 40.7 Å². The minimum Gasteiger partial charge on any atom is -0.273 e. The van der Waals surface area contributed by atoms with Gasteiger partial charge in [0.2, 0.25) is 15.9 Å². The van der Waals surface area contributed by atoms with E-state index in [1.807, 2.05) is 0 Å². The number of benzene rings is 2. The molecule has 2 aromatic carbocycles. The van der Waals surface area contributed by atoms with Crippen LogP contribution in [0.15, 0.2) is 53.4 Å². The second kappa shape index (κ2) is 9.06. The molecule has 0 unspecified atom stereocenters. The zero-order valence-electron chi connectivity index (χ0n) is 16.3. The zero-order valence-corrected chi connectivity index (χ0v) is 17.1. The van der Waals surface area contributed by atoms with Crippen LogP contribution in [0.4, 0.5) is 13.2 Å². The number of amides is 2. The van der Waals surface area contributed by atoms with Crippen molar-refractivity contribution in [1.29, 1.82) is 0 Å². The smallest absolute Gasteiger partial charge is 0.273 e. The molecule has 166 valence electrons. The van der Waals surface area contributed by atoms with E-state index in [0.29, 0.717) is 13.1 Å². The van der Waals surface area contributed by atoms with Crippen LogP contribution in [0.25, 0.3) is 0 Å². The summed E-state index contributed by atoms with van der Waals surface area (Å²) in [4.78, 5) is 24.2. The number of nitrogens with zero attached hydrogens (tertiary/aromatic N) is 1. The van der Waals surface area contributed by atoms with Gasteiger partial charge in [-0.1, -0.05) is 18.2 Å². The molecule has 1 aliphatic rings. The highest BCUT2D eigenvalue weighted by Crippen LogP contribution is 2.29. The Morgan fingerprint density at radius 2 is 1.61 bits per heavy atom. The average Bonchev–Trinajstić information content (AvgIpc) is 3.27. The highest BCUT2D eigenvalue weighted by molar-refractivity contribution is 7.89. The van der Waals surface area contributed by atoms with E-state index in [4.69, 9.17) is 0 Å². The normalized spacial score (nSPS) is 14.9. The van der Waals surface area contributed by atoms with E-state index in [9.17, 15) is 31.2 Å². The van der Waals surface area contributed by atoms with E-state index in [0.717, 1.165) is 25.0 Å². The summed E-state index contributed by atoms with van der Waals surface area (Å²) in [5.74, 6) is -1.40. The third-order valence-electron chi connectivity index (χ3n) is 4.75. The lowest BCUT2D eigenvalue weighted by molar-refractivity contribution is -0.137. The highest BCUT2D eigenvalue weighted by Gasteiger charge is 2.30. The van der Waals surface area contributed by atoms with Crippen molar-refractivity contribution in [2.75, 3.05) is 13.1 Å². The molecule has 2 amide bonds. The van der Waals surface area contributed by atoms with Crippen molar-refractivity contribution < 1.29 is 31.2 Å². The fourth-order valence-corrected chi connectivity index (χ4v) is 4.66. The van der Waals surface area contributed by atoms with Crippen LogP contribution in [0, 0.1) is 0 Å². The number of rotatable bonds is 5. The lowest BCUT2D eigenvalue weighted by atomic mass is 10.1. The molecule has 3 rings (SSSR count). The molecule has 0 saturated carbocycles. The van der Waals surface area contributed by atoms with Gasteiger partial charge in [-0.05, 0) is 48.7 Å². The van der Waals surface area contributed by atoms with Gasteiger partial charge in [-0.15, -0.1) is 0 Å². The van der Waals surface area contributed by atoms with Gasteiger partial charge in [-0.25, -0.2) is 8.42 Å². The number of carbonyl (C=O) groups excluding carboxylic acids is 2. The number of hydrogen-bond acceptors (Lipinski definition) is 4. The van der Waals surface area contributed by atoms with Gasteiger partial charge in [0.25, 0.3) is 5.91 Å². The van der Waals surface area contributed by atoms with Crippen molar-refractivity contribution in [1.82, 2.24) is 15.2 Å². The van der Waals surface area contributed by atoms with Gasteiger partial charge in [0.1, 0.15) is 0 Å². The topological polar surface area (TPSA) is 95.6 Å². The molecule has 1 aliphatic heterocycles. The van der Waals surface area contributed by atoms with E-state index in [2.05, 4.69) is 10.9 Å². The number of nitrogens with one attached hydrogen (secondary N) is 2. The maximum atomic E-state index is 12.7. The molecule has 0 bridgehead atoms. The molecule has 7 nitrogen and oxygen atoms in total. The molecular formula is C20H20F3N3O4S. The molecule has 0 radical (unpaired) electrons. The molecule has 1 fully saturated rings. The van der Waals surface area contributed by atoms with E-state index >= 15 is 0 Å². The molecule has 1 heterocycles. The summed E-state index contributed by atoms with van der Waals surface area (Å²) in [7, 11) is -3.60. The van der Waals surface area contributed by atoms with Crippen LogP contribution >= 0.6 is 0 Å². The van der Waals surface area contributed by atoms with Crippen LogP contribution in [0.1, 0.15) is 34.3 Å². The van der Waals surface area contributed by atoms with Crippen LogP contribution in [0.3, 0.4) is 0 Å². The van der Waals surface area contributed by atoms with Crippen molar-refractivity contribution in [3.05, 3.63) is 65.2 Å². The van der Waals surface area contributed by atoms with Crippen molar-refractivity contribution >= 4 is 21.8 Å². The Morgan fingerprint density at radius 1 is 0.968 bits per heavy atom. The van der Waals surface area contributed by atoms with E-state index < -0.39 is 33.6 Å². The molecule has 0 spiro atoms. The minimum atomic E-state index is -4.52. The Morgan fingerprint density at radius 3 is 2.23 bits per heavy atom. The van der Waals surface area contributed by atoms with Crippen LogP contribution in [-0.4, -0.2) is 37.6 Å². The second-order valence-electron chi connectivity index (χ2n) is 7.01. The summed E-state index contributed by atoms with van der Waals surface area (Å²) < 4.78 is 64.6. The summed E-state index contributed by atoms with van der Waals surface area (Å²) in [6.07, 6.45) is -3.27. The molecule has 11 heteroatoms. The van der Waals surface area contributed by atoms with E-state index in [1.54, 1.807) is 0 Å². The predicted molar refractivity (Wildman–Crippen MR) is 105 cm³/mol. The molecule has 0 atom stereocenters. The Kier molecular flexibility index (Phi) is 6.65. The highest BCUT2D eigenvalue weighted by atomic mass is 32.2. The largest absolute Gasteiger partial charge is 0.416 e. The molecular weight excluding hydrogens is 435 g/mol. The number of hydrogen-bond donors (Lipinski definition) is 2. The Bertz CT molecular complexity index is 1060. The first-order valence-electron chi connectivity index (χ1n) is 9.43.